The molecule has 13 heavy (non-hydrogen) atoms. The molecule has 3 N–H and O–H groups in total. The van der Waals surface area contributed by atoms with Gasteiger partial charge in [-0.15, -0.1) is 0 Å². The van der Waals surface area contributed by atoms with Gasteiger partial charge in [-0.3, -0.25) is 9.52 Å². The highest BCUT2D eigenvalue weighted by atomic mass is 32.2. The third kappa shape index (κ3) is 4.23. The van der Waals surface area contributed by atoms with E-state index in [1.54, 1.807) is 6.92 Å². The Labute approximate surface area is 78.7 Å². The van der Waals surface area contributed by atoms with E-state index in [0.717, 1.165) is 0 Å². The van der Waals surface area contributed by atoms with Gasteiger partial charge in [0.1, 0.15) is 0 Å². The predicted octanol–water partition coefficient (Wildman–Crippen LogP) is -0.563. The van der Waals surface area contributed by atoms with Gasteiger partial charge in [0, 0.05) is 6.54 Å². The Balaban J connectivity index is 4.30. The quantitative estimate of drug-likeness (QED) is 0.633. The van der Waals surface area contributed by atoms with Crippen molar-refractivity contribution in [2.75, 3.05) is 12.3 Å². The number of sulfonamides is 1. The fourth-order valence-corrected chi connectivity index (χ4v) is 1.39. The third-order valence-electron chi connectivity index (χ3n) is 1.78. The zero-order chi connectivity index (χ0) is 10.5. The van der Waals surface area contributed by atoms with Crippen LogP contribution in [0, 0.1) is 5.92 Å². The number of hydrogen-bond donors (Lipinski definition) is 2. The zero-order valence-corrected chi connectivity index (χ0v) is 8.73. The van der Waals surface area contributed by atoms with Gasteiger partial charge in [0.05, 0.1) is 11.7 Å². The third-order valence-corrected chi connectivity index (χ3v) is 3.06. The van der Waals surface area contributed by atoms with Crippen molar-refractivity contribution in [3.63, 3.8) is 0 Å². The van der Waals surface area contributed by atoms with Crippen LogP contribution in [-0.4, -0.2) is 26.6 Å². The normalized spacial score (nSPS) is 13.8. The SMILES string of the molecule is CCC(CN)C(=O)NS(=O)(=O)CC. The molecular weight excluding hydrogens is 192 g/mol. The van der Waals surface area contributed by atoms with Crippen LogP contribution in [0.4, 0.5) is 0 Å². The molecule has 0 aromatic heterocycles. The monoisotopic (exact) mass is 208 g/mol. The lowest BCUT2D eigenvalue weighted by Crippen LogP contribution is -2.39. The second kappa shape index (κ2) is 5.18. The molecule has 78 valence electrons. The average Bonchev–Trinajstić information content (AvgIpc) is 2.06. The minimum Gasteiger partial charge on any atom is -0.330 e. The van der Waals surface area contributed by atoms with Crippen molar-refractivity contribution in [3.05, 3.63) is 0 Å². The van der Waals surface area contributed by atoms with Gasteiger partial charge >= 0.3 is 0 Å². The maximum absolute atomic E-state index is 11.2. The number of carbonyl (C=O) groups is 1. The molecule has 1 amide bonds. The van der Waals surface area contributed by atoms with E-state index in [4.69, 9.17) is 5.73 Å². The van der Waals surface area contributed by atoms with Crippen molar-refractivity contribution in [2.45, 2.75) is 20.3 Å². The Hall–Kier alpha value is -0.620. The molecule has 0 aliphatic carbocycles. The van der Waals surface area contributed by atoms with Crippen molar-refractivity contribution in [3.8, 4) is 0 Å². The van der Waals surface area contributed by atoms with Crippen molar-refractivity contribution >= 4 is 15.9 Å². The maximum Gasteiger partial charge on any atom is 0.237 e. The van der Waals surface area contributed by atoms with Crippen LogP contribution >= 0.6 is 0 Å². The van der Waals surface area contributed by atoms with E-state index < -0.39 is 21.8 Å². The first-order valence-corrected chi connectivity index (χ1v) is 5.86. The van der Waals surface area contributed by atoms with E-state index in [0.29, 0.717) is 6.42 Å². The molecule has 6 heteroatoms. The van der Waals surface area contributed by atoms with Crippen LogP contribution in [0.3, 0.4) is 0 Å². The summed E-state index contributed by atoms with van der Waals surface area (Å²) >= 11 is 0. The van der Waals surface area contributed by atoms with Crippen LogP contribution in [0.2, 0.25) is 0 Å². The summed E-state index contributed by atoms with van der Waals surface area (Å²) in [6, 6.07) is 0. The van der Waals surface area contributed by atoms with Gasteiger partial charge in [-0.05, 0) is 13.3 Å². The van der Waals surface area contributed by atoms with Crippen molar-refractivity contribution < 1.29 is 13.2 Å². The first-order chi connectivity index (χ1) is 5.96. The molecule has 5 nitrogen and oxygen atoms in total. The molecule has 0 aromatic rings. The number of amides is 1. The maximum atomic E-state index is 11.2. The lowest BCUT2D eigenvalue weighted by Gasteiger charge is -2.11. The summed E-state index contributed by atoms with van der Waals surface area (Å²) < 4.78 is 23.9. The largest absolute Gasteiger partial charge is 0.330 e. The van der Waals surface area contributed by atoms with E-state index in [9.17, 15) is 13.2 Å². The molecule has 0 fully saturated rings. The Bertz CT molecular complexity index is 257. The highest BCUT2D eigenvalue weighted by molar-refractivity contribution is 7.90. The van der Waals surface area contributed by atoms with Crippen LogP contribution < -0.4 is 10.5 Å². The summed E-state index contributed by atoms with van der Waals surface area (Å²) in [5.74, 6) is -1.02. The lowest BCUT2D eigenvalue weighted by molar-refractivity contribution is -0.122. The molecule has 0 spiro atoms. The number of nitrogens with one attached hydrogen (secondary N) is 1. The molecule has 0 radical (unpaired) electrons. The summed E-state index contributed by atoms with van der Waals surface area (Å²) in [6.45, 7) is 3.43. The Morgan fingerprint density at radius 3 is 2.31 bits per heavy atom. The molecular formula is C7H16N2O3S. The van der Waals surface area contributed by atoms with Crippen LogP contribution in [-0.2, 0) is 14.8 Å². The van der Waals surface area contributed by atoms with Gasteiger partial charge in [0.25, 0.3) is 0 Å². The number of hydrogen-bond acceptors (Lipinski definition) is 4. The first kappa shape index (κ1) is 12.4. The van der Waals surface area contributed by atoms with Gasteiger partial charge in [0.2, 0.25) is 15.9 Å². The summed E-state index contributed by atoms with van der Waals surface area (Å²) in [6.07, 6.45) is 0.543. The second-order valence-corrected chi connectivity index (χ2v) is 4.72. The van der Waals surface area contributed by atoms with E-state index >= 15 is 0 Å². The Morgan fingerprint density at radius 2 is 2.00 bits per heavy atom. The molecule has 0 aliphatic heterocycles. The molecule has 0 aromatic carbocycles. The molecule has 0 saturated heterocycles. The fourth-order valence-electron chi connectivity index (χ4n) is 0.768. The molecule has 1 unspecified atom stereocenters. The van der Waals surface area contributed by atoms with Gasteiger partial charge in [0.15, 0.2) is 0 Å². The summed E-state index contributed by atoms with van der Waals surface area (Å²) in [7, 11) is -3.44. The first-order valence-electron chi connectivity index (χ1n) is 4.21. The lowest BCUT2D eigenvalue weighted by atomic mass is 10.1. The molecule has 0 aliphatic rings. The Morgan fingerprint density at radius 1 is 1.46 bits per heavy atom. The topological polar surface area (TPSA) is 89.3 Å². The summed E-state index contributed by atoms with van der Waals surface area (Å²) in [5, 5.41) is 0. The van der Waals surface area contributed by atoms with Gasteiger partial charge in [-0.25, -0.2) is 8.42 Å². The zero-order valence-electron chi connectivity index (χ0n) is 7.91. The number of rotatable bonds is 5. The van der Waals surface area contributed by atoms with Crippen molar-refractivity contribution in [2.24, 2.45) is 11.7 Å². The molecule has 1 atom stereocenters. The van der Waals surface area contributed by atoms with Gasteiger partial charge in [-0.1, -0.05) is 6.92 Å². The van der Waals surface area contributed by atoms with E-state index in [1.165, 1.54) is 6.92 Å². The van der Waals surface area contributed by atoms with Gasteiger partial charge in [-0.2, -0.15) is 0 Å². The van der Waals surface area contributed by atoms with E-state index in [1.807, 2.05) is 4.72 Å². The standard InChI is InChI=1S/C7H16N2O3S/c1-3-6(5-8)7(10)9-13(11,12)4-2/h6H,3-5,8H2,1-2H3,(H,9,10). The number of carbonyl (C=O) groups excluding carboxylic acids is 1. The average molecular weight is 208 g/mol. The van der Waals surface area contributed by atoms with Crippen molar-refractivity contribution in [1.29, 1.82) is 0 Å². The molecule has 0 bridgehead atoms. The van der Waals surface area contributed by atoms with Crippen LogP contribution in [0.5, 0.6) is 0 Å². The Kier molecular flexibility index (Phi) is 4.94. The second-order valence-electron chi connectivity index (χ2n) is 2.71. The van der Waals surface area contributed by atoms with Crippen molar-refractivity contribution in [1.82, 2.24) is 4.72 Å². The van der Waals surface area contributed by atoms with Crippen LogP contribution in [0.25, 0.3) is 0 Å². The van der Waals surface area contributed by atoms with Crippen LogP contribution in [0.1, 0.15) is 20.3 Å². The summed E-state index contributed by atoms with van der Waals surface area (Å²) in [4.78, 5) is 11.2. The predicted molar refractivity (Wildman–Crippen MR) is 50.4 cm³/mol. The highest BCUT2D eigenvalue weighted by Gasteiger charge is 2.19. The minimum absolute atomic E-state index is 0.0975. The number of nitrogens with two attached hydrogens (primary N) is 1. The molecule has 0 saturated carbocycles. The minimum atomic E-state index is -3.44. The van der Waals surface area contributed by atoms with E-state index in [2.05, 4.69) is 0 Å². The fraction of sp³-hybridized carbons (Fsp3) is 0.857. The van der Waals surface area contributed by atoms with Crippen LogP contribution in [0.15, 0.2) is 0 Å². The smallest absolute Gasteiger partial charge is 0.237 e. The van der Waals surface area contributed by atoms with E-state index in [-0.39, 0.29) is 12.3 Å². The highest BCUT2D eigenvalue weighted by Crippen LogP contribution is 2.00. The molecule has 0 rings (SSSR count). The van der Waals surface area contributed by atoms with Gasteiger partial charge < -0.3 is 5.73 Å². The summed E-state index contributed by atoms with van der Waals surface area (Å²) in [5.41, 5.74) is 5.29. The molecule has 0 heterocycles.